The Labute approximate surface area is 112 Å². The molecule has 0 aliphatic carbocycles. The van der Waals surface area contributed by atoms with Crippen molar-refractivity contribution in [3.8, 4) is 17.5 Å². The highest BCUT2D eigenvalue weighted by molar-refractivity contribution is 5.56. The third-order valence-electron chi connectivity index (χ3n) is 2.38. The molecule has 0 amide bonds. The summed E-state index contributed by atoms with van der Waals surface area (Å²) in [5.41, 5.74) is -2.33. The number of nitrogens with zero attached hydrogens (tertiary/aromatic N) is 4. The quantitative estimate of drug-likeness (QED) is 0.486. The minimum Gasteiger partial charge on any atom is -0.201 e. The summed E-state index contributed by atoms with van der Waals surface area (Å²) in [6, 6.07) is 1.43. The molecule has 2 aromatic heterocycles. The summed E-state index contributed by atoms with van der Waals surface area (Å²) in [6.07, 6.45) is -0.734. The van der Waals surface area contributed by atoms with E-state index in [2.05, 4.69) is 15.0 Å². The van der Waals surface area contributed by atoms with Crippen LogP contribution < -0.4 is 0 Å². The van der Waals surface area contributed by atoms with Crippen LogP contribution in [0.1, 0.15) is 5.56 Å². The summed E-state index contributed by atoms with van der Waals surface area (Å²) in [5, 5.41) is 8.35. The van der Waals surface area contributed by atoms with Gasteiger partial charge in [0.05, 0.1) is 18.1 Å². The number of rotatable bonds is 2. The molecule has 10 heteroatoms. The average Bonchev–Trinajstić information content (AvgIpc) is 2.41. The topological polar surface area (TPSA) is 62.5 Å². The number of halogens is 6. The van der Waals surface area contributed by atoms with Crippen molar-refractivity contribution in [3.63, 3.8) is 0 Å². The fourth-order valence-corrected chi connectivity index (χ4v) is 1.45. The molecule has 0 saturated carbocycles. The minimum atomic E-state index is -2.02. The first kappa shape index (κ1) is 14.7. The fraction of sp³-hybridized carbons (Fsp3) is 0.0909. The van der Waals surface area contributed by atoms with Crippen LogP contribution in [0.3, 0.4) is 0 Å². The number of nitriles is 1. The van der Waals surface area contributed by atoms with Crippen molar-refractivity contribution in [3.05, 3.63) is 41.0 Å². The molecule has 0 radical (unpaired) electrons. The summed E-state index contributed by atoms with van der Waals surface area (Å²) in [5.74, 6) is -12.4. The van der Waals surface area contributed by atoms with Crippen LogP contribution in [-0.2, 0) is 6.42 Å². The Morgan fingerprint density at radius 1 is 0.762 bits per heavy atom. The first-order valence-electron chi connectivity index (χ1n) is 5.16. The van der Waals surface area contributed by atoms with E-state index in [1.807, 2.05) is 0 Å². The summed E-state index contributed by atoms with van der Waals surface area (Å²) < 4.78 is 79.6. The SMILES string of the molecule is N#CCc1c(F)nc(-c2c(F)c(F)nc(F)c2F)nc1F. The molecular formula is C11H2F6N4. The molecule has 2 rings (SSSR count). The highest BCUT2D eigenvalue weighted by Crippen LogP contribution is 2.26. The van der Waals surface area contributed by atoms with E-state index in [0.29, 0.717) is 0 Å². The van der Waals surface area contributed by atoms with Gasteiger partial charge in [-0.1, -0.05) is 0 Å². The molecule has 0 bridgehead atoms. The zero-order valence-electron chi connectivity index (χ0n) is 9.76. The molecule has 0 N–H and O–H groups in total. The van der Waals surface area contributed by atoms with Crippen LogP contribution in [0.15, 0.2) is 0 Å². The van der Waals surface area contributed by atoms with Crippen molar-refractivity contribution < 1.29 is 26.3 Å². The Morgan fingerprint density at radius 3 is 1.67 bits per heavy atom. The van der Waals surface area contributed by atoms with E-state index < -0.39 is 58.8 Å². The van der Waals surface area contributed by atoms with Gasteiger partial charge in [0.1, 0.15) is 5.56 Å². The molecule has 2 heterocycles. The van der Waals surface area contributed by atoms with Crippen molar-refractivity contribution in [1.29, 1.82) is 5.26 Å². The van der Waals surface area contributed by atoms with Crippen molar-refractivity contribution in [2.24, 2.45) is 0 Å². The number of aromatic nitrogens is 3. The van der Waals surface area contributed by atoms with Gasteiger partial charge in [-0.2, -0.15) is 37.8 Å². The average molecular weight is 304 g/mol. The molecule has 4 nitrogen and oxygen atoms in total. The number of hydrogen-bond acceptors (Lipinski definition) is 4. The zero-order valence-corrected chi connectivity index (χ0v) is 9.76. The normalized spacial score (nSPS) is 10.5. The molecule has 108 valence electrons. The maximum atomic E-state index is 13.5. The lowest BCUT2D eigenvalue weighted by Gasteiger charge is -2.07. The summed E-state index contributed by atoms with van der Waals surface area (Å²) in [4.78, 5) is 8.11. The molecule has 0 fully saturated rings. The highest BCUT2D eigenvalue weighted by Gasteiger charge is 2.26. The first-order chi connectivity index (χ1) is 9.86. The van der Waals surface area contributed by atoms with Crippen molar-refractivity contribution in [2.75, 3.05) is 0 Å². The molecule has 2 aromatic rings. The second-order valence-corrected chi connectivity index (χ2v) is 3.64. The van der Waals surface area contributed by atoms with Crippen molar-refractivity contribution in [2.45, 2.75) is 6.42 Å². The highest BCUT2D eigenvalue weighted by atomic mass is 19.2. The van der Waals surface area contributed by atoms with Crippen LogP contribution in [0.4, 0.5) is 26.3 Å². The van der Waals surface area contributed by atoms with E-state index in [1.54, 1.807) is 0 Å². The minimum absolute atomic E-state index is 0.734. The first-order valence-corrected chi connectivity index (χ1v) is 5.16. The molecular weight excluding hydrogens is 302 g/mol. The number of hydrogen-bond donors (Lipinski definition) is 0. The van der Waals surface area contributed by atoms with Gasteiger partial charge in [-0.15, -0.1) is 0 Å². The van der Waals surface area contributed by atoms with Crippen LogP contribution in [0.2, 0.25) is 0 Å². The summed E-state index contributed by atoms with van der Waals surface area (Å²) >= 11 is 0. The van der Waals surface area contributed by atoms with Crippen LogP contribution in [-0.4, -0.2) is 15.0 Å². The van der Waals surface area contributed by atoms with Gasteiger partial charge in [-0.3, -0.25) is 0 Å². The van der Waals surface area contributed by atoms with Gasteiger partial charge >= 0.3 is 0 Å². The summed E-state index contributed by atoms with van der Waals surface area (Å²) in [7, 11) is 0. The molecule has 0 spiro atoms. The third kappa shape index (κ3) is 2.49. The molecule has 0 aliphatic heterocycles. The van der Waals surface area contributed by atoms with Gasteiger partial charge < -0.3 is 0 Å². The van der Waals surface area contributed by atoms with Crippen LogP contribution >= 0.6 is 0 Å². The molecule has 0 atom stereocenters. The largest absolute Gasteiger partial charge is 0.252 e. The van der Waals surface area contributed by atoms with Gasteiger partial charge in [-0.05, 0) is 0 Å². The smallest absolute Gasteiger partial charge is 0.201 e. The molecule has 0 unspecified atom stereocenters. The second-order valence-electron chi connectivity index (χ2n) is 3.64. The van der Waals surface area contributed by atoms with Gasteiger partial charge in [0.15, 0.2) is 17.5 Å². The van der Waals surface area contributed by atoms with E-state index in [0.717, 1.165) is 0 Å². The Bertz CT molecular complexity index is 721. The lowest BCUT2D eigenvalue weighted by atomic mass is 10.2. The Morgan fingerprint density at radius 2 is 1.24 bits per heavy atom. The second kappa shape index (κ2) is 5.35. The zero-order chi connectivity index (χ0) is 15.7. The fourth-order valence-electron chi connectivity index (χ4n) is 1.45. The Kier molecular flexibility index (Phi) is 3.75. The predicted octanol–water partition coefficient (Wildman–Crippen LogP) is 2.44. The molecule has 0 saturated heterocycles. The third-order valence-corrected chi connectivity index (χ3v) is 2.38. The lowest BCUT2D eigenvalue weighted by Crippen LogP contribution is -2.09. The van der Waals surface area contributed by atoms with E-state index >= 15 is 0 Å². The standard InChI is InChI=1S/C11H2F6N4/c12-5-4(6(13)10(17)19-9(5)16)11-20-7(14)3(1-2-18)8(15)21-11/h1H2. The van der Waals surface area contributed by atoms with Gasteiger partial charge in [0, 0.05) is 0 Å². The molecule has 21 heavy (non-hydrogen) atoms. The van der Waals surface area contributed by atoms with E-state index in [-0.39, 0.29) is 0 Å². The van der Waals surface area contributed by atoms with Crippen LogP contribution in [0.25, 0.3) is 11.4 Å². The van der Waals surface area contributed by atoms with E-state index in [1.165, 1.54) is 6.07 Å². The van der Waals surface area contributed by atoms with Gasteiger partial charge in [0.2, 0.25) is 11.9 Å². The maximum absolute atomic E-state index is 13.5. The Hall–Kier alpha value is -2.70. The van der Waals surface area contributed by atoms with Crippen molar-refractivity contribution >= 4 is 0 Å². The van der Waals surface area contributed by atoms with Crippen LogP contribution in [0, 0.1) is 46.8 Å². The monoisotopic (exact) mass is 304 g/mol. The van der Waals surface area contributed by atoms with Gasteiger partial charge in [-0.25, -0.2) is 8.78 Å². The Balaban J connectivity index is 2.72. The maximum Gasteiger partial charge on any atom is 0.252 e. The van der Waals surface area contributed by atoms with Crippen LogP contribution in [0.5, 0.6) is 0 Å². The van der Waals surface area contributed by atoms with E-state index in [9.17, 15) is 26.3 Å². The predicted molar refractivity (Wildman–Crippen MR) is 54.3 cm³/mol. The molecule has 0 aromatic carbocycles. The van der Waals surface area contributed by atoms with E-state index in [4.69, 9.17) is 5.26 Å². The lowest BCUT2D eigenvalue weighted by molar-refractivity contribution is 0.408. The summed E-state index contributed by atoms with van der Waals surface area (Å²) in [6.45, 7) is 0. The molecule has 0 aliphatic rings. The van der Waals surface area contributed by atoms with Crippen molar-refractivity contribution in [1.82, 2.24) is 15.0 Å². The van der Waals surface area contributed by atoms with Gasteiger partial charge in [0.25, 0.3) is 11.9 Å². The number of pyridine rings is 1.